The minimum absolute atomic E-state index is 0.0633. The van der Waals surface area contributed by atoms with Gasteiger partial charge in [0.1, 0.15) is 17.3 Å². The van der Waals surface area contributed by atoms with Gasteiger partial charge in [-0.25, -0.2) is 4.79 Å². The van der Waals surface area contributed by atoms with Gasteiger partial charge in [0.05, 0.1) is 6.61 Å². The molecule has 1 fully saturated rings. The molecule has 0 bridgehead atoms. The fourth-order valence-corrected chi connectivity index (χ4v) is 2.84. The van der Waals surface area contributed by atoms with E-state index in [2.05, 4.69) is 11.6 Å². The second kappa shape index (κ2) is 5.81. The van der Waals surface area contributed by atoms with Crippen LogP contribution in [0.5, 0.6) is 0 Å². The van der Waals surface area contributed by atoms with E-state index in [4.69, 9.17) is 4.74 Å². The number of aromatic nitrogens is 2. The van der Waals surface area contributed by atoms with Crippen LogP contribution in [-0.4, -0.2) is 48.8 Å². The highest BCUT2D eigenvalue weighted by Crippen LogP contribution is 2.47. The first kappa shape index (κ1) is 16.6. The normalized spacial score (nSPS) is 34.7. The Balaban J connectivity index is 2.59. The van der Waals surface area contributed by atoms with Crippen molar-refractivity contribution in [3.05, 3.63) is 45.8 Å². The summed E-state index contributed by atoms with van der Waals surface area (Å²) in [5, 5.41) is 31.0. The molecule has 0 radical (unpaired) electrons. The van der Waals surface area contributed by atoms with Gasteiger partial charge in [-0.05, 0) is 6.42 Å². The zero-order valence-corrected chi connectivity index (χ0v) is 12.2. The molecule has 1 saturated heterocycles. The summed E-state index contributed by atoms with van der Waals surface area (Å²) < 4.78 is 6.67. The van der Waals surface area contributed by atoms with Crippen molar-refractivity contribution in [2.75, 3.05) is 6.61 Å². The molecule has 8 nitrogen and oxygen atoms in total. The molecule has 4 N–H and O–H groups in total. The van der Waals surface area contributed by atoms with Crippen molar-refractivity contribution >= 4 is 0 Å². The molecule has 122 valence electrons. The van der Waals surface area contributed by atoms with E-state index in [1.807, 2.05) is 0 Å². The minimum Gasteiger partial charge on any atom is -0.393 e. The predicted octanol–water partition coefficient (Wildman–Crippen LogP) is -1.13. The Hall–Kier alpha value is -1.74. The second-order valence-corrected chi connectivity index (χ2v) is 5.45. The summed E-state index contributed by atoms with van der Waals surface area (Å²) in [6.45, 7) is 4.69. The Morgan fingerprint density at radius 1 is 1.55 bits per heavy atom. The molecule has 0 aliphatic carbocycles. The van der Waals surface area contributed by atoms with Crippen molar-refractivity contribution in [3.63, 3.8) is 0 Å². The van der Waals surface area contributed by atoms with Crippen LogP contribution < -0.4 is 11.2 Å². The zero-order valence-electron chi connectivity index (χ0n) is 12.2. The summed E-state index contributed by atoms with van der Waals surface area (Å²) in [5.74, 6) is 0. The number of aliphatic hydroxyl groups excluding tert-OH is 2. The van der Waals surface area contributed by atoms with Gasteiger partial charge in [0.2, 0.25) is 0 Å². The molecule has 2 heterocycles. The number of hydrogen-bond donors (Lipinski definition) is 4. The number of aliphatic hydroxyl groups is 3. The van der Waals surface area contributed by atoms with Gasteiger partial charge in [0, 0.05) is 18.7 Å². The van der Waals surface area contributed by atoms with E-state index in [0.29, 0.717) is 0 Å². The van der Waals surface area contributed by atoms with E-state index in [9.17, 15) is 24.9 Å². The van der Waals surface area contributed by atoms with Crippen molar-refractivity contribution in [1.29, 1.82) is 0 Å². The molecule has 1 aromatic rings. The Morgan fingerprint density at radius 2 is 2.23 bits per heavy atom. The van der Waals surface area contributed by atoms with Crippen LogP contribution in [0.1, 0.15) is 26.0 Å². The molecule has 0 amide bonds. The number of H-pyrrole nitrogens is 1. The topological polar surface area (TPSA) is 125 Å². The summed E-state index contributed by atoms with van der Waals surface area (Å²) in [6, 6.07) is 1.11. The second-order valence-electron chi connectivity index (χ2n) is 5.45. The maximum Gasteiger partial charge on any atom is 0.330 e. The molecule has 22 heavy (non-hydrogen) atoms. The molecule has 0 saturated carbocycles. The smallest absolute Gasteiger partial charge is 0.330 e. The number of rotatable bonds is 5. The van der Waals surface area contributed by atoms with E-state index in [0.717, 1.165) is 10.6 Å². The molecule has 4 unspecified atom stereocenters. The van der Waals surface area contributed by atoms with Crippen LogP contribution in [0.3, 0.4) is 0 Å². The van der Waals surface area contributed by atoms with Crippen LogP contribution >= 0.6 is 0 Å². The predicted molar refractivity (Wildman–Crippen MR) is 77.3 cm³/mol. The van der Waals surface area contributed by atoms with Crippen LogP contribution in [0.4, 0.5) is 0 Å². The highest BCUT2D eigenvalue weighted by atomic mass is 16.6. The summed E-state index contributed by atoms with van der Waals surface area (Å²) in [7, 11) is 0. The highest BCUT2D eigenvalue weighted by molar-refractivity contribution is 5.11. The van der Waals surface area contributed by atoms with Crippen LogP contribution in [0.25, 0.3) is 0 Å². The van der Waals surface area contributed by atoms with Gasteiger partial charge < -0.3 is 20.1 Å². The minimum atomic E-state index is -1.86. The summed E-state index contributed by atoms with van der Waals surface area (Å²) in [6.07, 6.45) is 0.0220. The molecule has 1 aliphatic rings. The fraction of sp³-hybridized carbons (Fsp3) is 0.571. The maximum atomic E-state index is 12.0. The average Bonchev–Trinajstić information content (AvgIpc) is 2.70. The average molecular weight is 312 g/mol. The molecular formula is C14H20N2O6. The van der Waals surface area contributed by atoms with Gasteiger partial charge in [-0.15, -0.1) is 6.58 Å². The summed E-state index contributed by atoms with van der Waals surface area (Å²) >= 11 is 0. The number of nitrogens with one attached hydrogen (secondary N) is 1. The van der Waals surface area contributed by atoms with Gasteiger partial charge in [0.15, 0.2) is 6.23 Å². The van der Waals surface area contributed by atoms with Gasteiger partial charge in [-0.1, -0.05) is 13.0 Å². The van der Waals surface area contributed by atoms with Crippen LogP contribution in [-0.2, 0) is 4.74 Å². The van der Waals surface area contributed by atoms with Gasteiger partial charge in [-0.3, -0.25) is 14.3 Å². The van der Waals surface area contributed by atoms with Crippen molar-refractivity contribution < 1.29 is 20.1 Å². The zero-order chi connectivity index (χ0) is 16.5. The van der Waals surface area contributed by atoms with Crippen molar-refractivity contribution in [3.8, 4) is 0 Å². The molecule has 8 heteroatoms. The fourth-order valence-electron chi connectivity index (χ4n) is 2.84. The lowest BCUT2D eigenvalue weighted by atomic mass is 9.82. The van der Waals surface area contributed by atoms with Gasteiger partial charge >= 0.3 is 5.69 Å². The SMILES string of the molecule is C=CCC1(O)C(n2ccc(=O)[nH]c2=O)OC(CC)(CO)C1O. The molecule has 0 aromatic carbocycles. The number of hydrogen-bond acceptors (Lipinski definition) is 6. The molecule has 0 spiro atoms. The molecular weight excluding hydrogens is 292 g/mol. The lowest BCUT2D eigenvalue weighted by Gasteiger charge is -2.32. The summed E-state index contributed by atoms with van der Waals surface area (Å²) in [5.41, 5.74) is -4.63. The van der Waals surface area contributed by atoms with Crippen molar-refractivity contribution in [1.82, 2.24) is 9.55 Å². The standard InChI is InChI=1S/C14H20N2O6/c1-3-6-14(21)10(19)13(4-2,8-17)22-11(14)16-7-5-9(18)15-12(16)20/h3,5,7,10-11,17,19,21H,1,4,6,8H2,2H3,(H,15,18,20). The lowest BCUT2D eigenvalue weighted by Crippen LogP contribution is -2.53. The first-order valence-electron chi connectivity index (χ1n) is 6.96. The van der Waals surface area contributed by atoms with E-state index < -0.39 is 41.4 Å². The molecule has 2 rings (SSSR count). The van der Waals surface area contributed by atoms with Crippen LogP contribution in [0.2, 0.25) is 0 Å². The Kier molecular flexibility index (Phi) is 4.39. The Bertz CT molecular complexity index is 662. The van der Waals surface area contributed by atoms with Gasteiger partial charge in [0.25, 0.3) is 5.56 Å². The lowest BCUT2D eigenvalue weighted by molar-refractivity contribution is -0.134. The van der Waals surface area contributed by atoms with E-state index >= 15 is 0 Å². The number of ether oxygens (including phenoxy) is 1. The third kappa shape index (κ3) is 2.34. The summed E-state index contributed by atoms with van der Waals surface area (Å²) in [4.78, 5) is 25.2. The third-order valence-corrected chi connectivity index (χ3v) is 4.19. The first-order chi connectivity index (χ1) is 10.3. The largest absolute Gasteiger partial charge is 0.393 e. The quantitative estimate of drug-likeness (QED) is 0.510. The number of nitrogens with zero attached hydrogens (tertiary/aromatic N) is 1. The first-order valence-corrected chi connectivity index (χ1v) is 6.96. The number of aromatic amines is 1. The Morgan fingerprint density at radius 3 is 2.73 bits per heavy atom. The Labute approximate surface area is 126 Å². The van der Waals surface area contributed by atoms with Crippen molar-refractivity contribution in [2.24, 2.45) is 0 Å². The highest BCUT2D eigenvalue weighted by Gasteiger charge is 2.62. The van der Waals surface area contributed by atoms with E-state index in [-0.39, 0.29) is 12.8 Å². The molecule has 1 aliphatic heterocycles. The van der Waals surface area contributed by atoms with E-state index in [1.54, 1.807) is 6.92 Å². The molecule has 1 aromatic heterocycles. The van der Waals surface area contributed by atoms with Crippen molar-refractivity contribution in [2.45, 2.75) is 43.3 Å². The van der Waals surface area contributed by atoms with E-state index in [1.165, 1.54) is 12.3 Å². The molecule has 4 atom stereocenters. The van der Waals surface area contributed by atoms with Crippen LogP contribution in [0, 0.1) is 0 Å². The third-order valence-electron chi connectivity index (χ3n) is 4.19. The maximum absolute atomic E-state index is 12.0. The van der Waals surface area contributed by atoms with Gasteiger partial charge in [-0.2, -0.15) is 0 Å². The van der Waals surface area contributed by atoms with Crippen LogP contribution in [0.15, 0.2) is 34.5 Å². The monoisotopic (exact) mass is 312 g/mol.